The van der Waals surface area contributed by atoms with E-state index in [0.29, 0.717) is 41.0 Å². The summed E-state index contributed by atoms with van der Waals surface area (Å²) < 4.78 is 49.6. The smallest absolute Gasteiger partial charge is 0.316 e. The Kier molecular flexibility index (Phi) is 24.4. The van der Waals surface area contributed by atoms with Gasteiger partial charge < -0.3 is 42.0 Å². The normalized spacial score (nSPS) is 14.6. The number of esters is 6. The van der Waals surface area contributed by atoms with Crippen LogP contribution in [-0.2, 0) is 92.7 Å². The standard InChI is InChI=1S/C33H33NO5.C32H31NO5.C31H29NO5/c1-21(2)37-32(36)33(18-19-33)28-16-14-26(15-17-28)25-10-12-27(13-11-25)31-29(22(3)34-39-31)20-30(35)38-23(4)24-8-6-5-7-9-24;1-4-36-31(35)32(18-19-32)27-16-14-25(15-17-27)24-10-12-26(13-11-24)30-28(21(2)33-38-30)20-29(34)37-22(3)23-8-6-5-7-9-23;1-20-27(19-28(33)36-21(2)22-7-5-4-6-8-22)29(37-32-20)25-11-9-23(10-12-25)24-13-15-26(16-14-24)31(17-18-31)30(34)35-3/h5-17,21,23H,18-20H2,1-4H3;5-17,22H,4,18-20H2,1-3H3;4-16,21H,17-19H2,1-3H3/t23-;22-;21-/m111/s1. The highest BCUT2D eigenvalue weighted by Gasteiger charge is 2.54. The molecule has 9 aromatic carbocycles. The zero-order valence-corrected chi connectivity index (χ0v) is 65.9. The lowest BCUT2D eigenvalue weighted by molar-refractivity contribution is -0.151. The minimum atomic E-state index is -0.493. The molecule has 0 radical (unpaired) electrons. The van der Waals surface area contributed by atoms with Crippen LogP contribution in [0.4, 0.5) is 0 Å². The molecule has 18 heteroatoms. The number of benzene rings is 9. The van der Waals surface area contributed by atoms with E-state index in [1.807, 2.05) is 299 Å². The Morgan fingerprint density at radius 1 is 0.333 bits per heavy atom. The predicted molar refractivity (Wildman–Crippen MR) is 433 cm³/mol. The number of carbonyl (C=O) groups is 6. The molecule has 0 bridgehead atoms. The average molecular weight is 1530 g/mol. The number of hydrogen-bond acceptors (Lipinski definition) is 18. The van der Waals surface area contributed by atoms with Crippen LogP contribution >= 0.6 is 0 Å². The highest BCUT2D eigenvalue weighted by atomic mass is 16.6. The van der Waals surface area contributed by atoms with Crippen molar-refractivity contribution in [2.24, 2.45) is 0 Å². The van der Waals surface area contributed by atoms with E-state index >= 15 is 0 Å². The van der Waals surface area contributed by atoms with Crippen molar-refractivity contribution in [1.82, 2.24) is 15.5 Å². The molecule has 3 atom stereocenters. The molecule has 0 N–H and O–H groups in total. The van der Waals surface area contributed by atoms with Crippen LogP contribution in [-0.4, -0.2) is 71.1 Å². The molecule has 3 aliphatic carbocycles. The number of aromatic nitrogens is 3. The van der Waals surface area contributed by atoms with E-state index in [4.69, 9.17) is 42.0 Å². The minimum absolute atomic E-state index is 0.0754. The van der Waals surface area contributed by atoms with Crippen molar-refractivity contribution in [1.29, 1.82) is 0 Å². The first-order valence-corrected chi connectivity index (χ1v) is 38.8. The molecule has 3 aromatic heterocycles. The van der Waals surface area contributed by atoms with Crippen molar-refractivity contribution in [3.63, 3.8) is 0 Å². The summed E-state index contributed by atoms with van der Waals surface area (Å²) in [6.45, 7) is 17.1. The topological polar surface area (TPSA) is 236 Å². The van der Waals surface area contributed by atoms with E-state index in [0.717, 1.165) is 139 Å². The summed E-state index contributed by atoms with van der Waals surface area (Å²) in [5.74, 6) is 0.277. The number of hydrogen-bond donors (Lipinski definition) is 0. The molecule has 3 aliphatic rings. The molecule has 0 aliphatic heterocycles. The molecule has 12 aromatic rings. The van der Waals surface area contributed by atoms with Crippen LogP contribution < -0.4 is 0 Å². The van der Waals surface area contributed by atoms with Crippen molar-refractivity contribution in [2.45, 2.75) is 161 Å². The molecule has 3 fully saturated rings. The maximum Gasteiger partial charge on any atom is 0.316 e. The van der Waals surface area contributed by atoms with Crippen LogP contribution in [0.5, 0.6) is 0 Å². The van der Waals surface area contributed by atoms with Gasteiger partial charge in [-0.2, -0.15) is 0 Å². The second-order valence-corrected chi connectivity index (χ2v) is 29.8. The van der Waals surface area contributed by atoms with Gasteiger partial charge in [0.25, 0.3) is 0 Å². The van der Waals surface area contributed by atoms with E-state index in [-0.39, 0.29) is 79.5 Å². The number of carbonyl (C=O) groups excluding carboxylic acids is 6. The summed E-state index contributed by atoms with van der Waals surface area (Å²) in [4.78, 5) is 75.4. The monoisotopic (exact) mass is 1530 g/mol. The molecular formula is C96H93N3O15. The van der Waals surface area contributed by atoms with Gasteiger partial charge in [0.2, 0.25) is 0 Å². The number of aryl methyl sites for hydroxylation is 3. The van der Waals surface area contributed by atoms with Crippen LogP contribution in [0.25, 0.3) is 67.4 Å². The SMILES string of the molecule is CCOC(=O)C1(c2ccc(-c3ccc(-c4onc(C)c4CC(=O)O[C@H](C)c4ccccc4)cc3)cc2)CC1.COC(=O)C1(c2ccc(-c3ccc(-c4onc(C)c4CC(=O)O[C@H](C)c4ccccc4)cc3)cc2)CC1.Cc1noc(-c2ccc(-c3ccc(C4(C(=O)OC(C)C)CC4)cc3)cc2)c1CC(=O)O[C@H](C)c1ccccc1. The van der Waals surface area contributed by atoms with Crippen molar-refractivity contribution in [3.05, 3.63) is 304 Å². The summed E-state index contributed by atoms with van der Waals surface area (Å²) in [5.41, 5.74) is 17.3. The Morgan fingerprint density at radius 3 is 0.825 bits per heavy atom. The van der Waals surface area contributed by atoms with E-state index < -0.39 is 16.2 Å². The zero-order chi connectivity index (χ0) is 80.3. The quantitative estimate of drug-likeness (QED) is 0.0362. The van der Waals surface area contributed by atoms with Crippen LogP contribution in [0, 0.1) is 20.8 Å². The Labute approximate surface area is 664 Å². The first-order chi connectivity index (χ1) is 55.1. The Morgan fingerprint density at radius 2 is 0.579 bits per heavy atom. The summed E-state index contributed by atoms with van der Waals surface area (Å²) in [6.07, 6.45) is 4.04. The molecule has 3 saturated carbocycles. The molecule has 18 nitrogen and oxygen atoms in total. The van der Waals surface area contributed by atoms with Crippen molar-refractivity contribution >= 4 is 35.8 Å². The van der Waals surface area contributed by atoms with Crippen LogP contribution in [0.15, 0.2) is 250 Å². The van der Waals surface area contributed by atoms with Gasteiger partial charge in [0.05, 0.1) is 72.4 Å². The highest BCUT2D eigenvalue weighted by Crippen LogP contribution is 2.52. The fourth-order valence-corrected chi connectivity index (χ4v) is 14.4. The third-order valence-electron chi connectivity index (χ3n) is 21.6. The molecular weight excluding hydrogens is 1440 g/mol. The highest BCUT2D eigenvalue weighted by molar-refractivity contribution is 5.89. The summed E-state index contributed by atoms with van der Waals surface area (Å²) >= 11 is 0. The predicted octanol–water partition coefficient (Wildman–Crippen LogP) is 20.3. The van der Waals surface area contributed by atoms with Crippen LogP contribution in [0.1, 0.15) is 166 Å². The number of ether oxygens (including phenoxy) is 6. The third-order valence-corrected chi connectivity index (χ3v) is 21.6. The van der Waals surface area contributed by atoms with Gasteiger partial charge in [-0.1, -0.05) is 252 Å². The third kappa shape index (κ3) is 18.1. The lowest BCUT2D eigenvalue weighted by Gasteiger charge is -2.17. The lowest BCUT2D eigenvalue weighted by atomic mass is 9.93. The fraction of sp³-hybridized carbons (Fsp3) is 0.281. The van der Waals surface area contributed by atoms with Gasteiger partial charge in [-0.3, -0.25) is 28.8 Å². The fourth-order valence-electron chi connectivity index (χ4n) is 14.4. The first-order valence-electron chi connectivity index (χ1n) is 38.8. The maximum absolute atomic E-state index is 12.7. The first kappa shape index (κ1) is 79.5. The summed E-state index contributed by atoms with van der Waals surface area (Å²) in [6, 6.07) is 77.1. The van der Waals surface area contributed by atoms with E-state index in [1.54, 1.807) is 0 Å². The molecule has 0 spiro atoms. The maximum atomic E-state index is 12.7. The van der Waals surface area contributed by atoms with Crippen molar-refractivity contribution < 1.29 is 70.8 Å². The second-order valence-electron chi connectivity index (χ2n) is 29.8. The van der Waals surface area contributed by atoms with E-state index in [1.165, 1.54) is 7.11 Å². The van der Waals surface area contributed by atoms with E-state index in [2.05, 4.69) is 15.5 Å². The lowest BCUT2D eigenvalue weighted by Crippen LogP contribution is -2.25. The van der Waals surface area contributed by atoms with Crippen molar-refractivity contribution in [2.75, 3.05) is 13.7 Å². The van der Waals surface area contributed by atoms with Gasteiger partial charge >= 0.3 is 35.8 Å². The van der Waals surface area contributed by atoms with Gasteiger partial charge in [-0.05, 0) is 168 Å². The number of nitrogens with zero attached hydrogens (tertiary/aromatic N) is 3. The molecule has 0 amide bonds. The van der Waals surface area contributed by atoms with Gasteiger partial charge in [-0.15, -0.1) is 0 Å². The molecule has 3 heterocycles. The van der Waals surface area contributed by atoms with Gasteiger partial charge in [0.1, 0.15) is 18.3 Å². The van der Waals surface area contributed by atoms with Gasteiger partial charge in [-0.25, -0.2) is 0 Å². The molecule has 114 heavy (non-hydrogen) atoms. The van der Waals surface area contributed by atoms with Crippen LogP contribution in [0.3, 0.4) is 0 Å². The van der Waals surface area contributed by atoms with Crippen LogP contribution in [0.2, 0.25) is 0 Å². The largest absolute Gasteiger partial charge is 0.468 e. The van der Waals surface area contributed by atoms with E-state index in [9.17, 15) is 28.8 Å². The Hall–Kier alpha value is -12.6. The Balaban J connectivity index is 0.000000149. The zero-order valence-electron chi connectivity index (χ0n) is 65.9. The summed E-state index contributed by atoms with van der Waals surface area (Å²) in [7, 11) is 1.44. The molecule has 0 unspecified atom stereocenters. The molecule has 15 rings (SSSR count). The van der Waals surface area contributed by atoms with Gasteiger partial charge in [0, 0.05) is 33.4 Å². The van der Waals surface area contributed by atoms with Gasteiger partial charge in [0.15, 0.2) is 17.3 Å². The van der Waals surface area contributed by atoms with Crippen molar-refractivity contribution in [3.8, 4) is 67.4 Å². The molecule has 0 saturated heterocycles. The summed E-state index contributed by atoms with van der Waals surface area (Å²) in [5, 5.41) is 12.3. The number of rotatable bonds is 26. The second kappa shape index (κ2) is 35.0. The minimum Gasteiger partial charge on any atom is -0.468 e. The Bertz CT molecular complexity index is 5330. The number of methoxy groups -OCH3 is 1. The average Bonchev–Trinajstić information content (AvgIpc) is 1.60. The molecule has 582 valence electrons.